The molecule has 17 nitrogen and oxygen atoms in total. The van der Waals surface area contributed by atoms with Gasteiger partial charge in [-0.05, 0) is 108 Å². The quantitative estimate of drug-likeness (QED) is 0.0266. The number of guanidine groups is 1. The molecule has 0 fully saturated rings. The summed E-state index contributed by atoms with van der Waals surface area (Å²) in [6.07, 6.45) is 2.94. The van der Waals surface area contributed by atoms with E-state index in [1.807, 2.05) is 20.8 Å². The number of carbonyl (C=O) groups excluding carboxylic acids is 5. The molecule has 0 aromatic rings. The van der Waals surface area contributed by atoms with Gasteiger partial charge in [0.1, 0.15) is 16.8 Å². The van der Waals surface area contributed by atoms with Gasteiger partial charge in [0, 0.05) is 40.4 Å². The van der Waals surface area contributed by atoms with E-state index in [4.69, 9.17) is 23.7 Å². The largest absolute Gasteiger partial charge is 0.444 e. The van der Waals surface area contributed by atoms with Crippen LogP contribution in [0.25, 0.3) is 0 Å². The fraction of sp³-hybridized carbons (Fsp3) is 0.824. The first-order valence-corrected chi connectivity index (χ1v) is 17.5. The van der Waals surface area contributed by atoms with Crippen LogP contribution >= 0.6 is 0 Å². The van der Waals surface area contributed by atoms with Crippen LogP contribution in [0.15, 0.2) is 4.99 Å². The van der Waals surface area contributed by atoms with Crippen LogP contribution in [0.1, 0.15) is 107 Å². The number of nitrogens with zero attached hydrogens (tertiary/aromatic N) is 1. The zero-order valence-corrected chi connectivity index (χ0v) is 32.7. The summed E-state index contributed by atoms with van der Waals surface area (Å²) in [5, 5.41) is 16.3. The van der Waals surface area contributed by atoms with E-state index in [-0.39, 0.29) is 12.5 Å². The van der Waals surface area contributed by atoms with Gasteiger partial charge in [0.05, 0.1) is 0 Å². The van der Waals surface area contributed by atoms with E-state index in [9.17, 15) is 24.0 Å². The van der Waals surface area contributed by atoms with Crippen molar-refractivity contribution in [2.24, 2.45) is 4.99 Å². The third-order valence-corrected chi connectivity index (χ3v) is 6.32. The van der Waals surface area contributed by atoms with Gasteiger partial charge in [0.15, 0.2) is 0 Å². The fourth-order valence-corrected chi connectivity index (χ4v) is 4.10. The van der Waals surface area contributed by atoms with E-state index < -0.39 is 52.7 Å². The number of hydrogen-bond donors (Lipinski definition) is 6. The number of alkyl carbamates (subject to hydrolysis) is 3. The van der Waals surface area contributed by atoms with Gasteiger partial charge in [0.2, 0.25) is 5.96 Å². The average Bonchev–Trinajstić information content (AvgIpc) is 2.97. The van der Waals surface area contributed by atoms with E-state index in [2.05, 4.69) is 36.9 Å². The van der Waals surface area contributed by atoms with Crippen molar-refractivity contribution in [1.82, 2.24) is 31.9 Å². The summed E-state index contributed by atoms with van der Waals surface area (Å²) in [7, 11) is 2.46. The summed E-state index contributed by atoms with van der Waals surface area (Å²) in [6.45, 7) is 18.6. The summed E-state index contributed by atoms with van der Waals surface area (Å²) in [5.74, 6) is -3.60. The molecule has 0 spiro atoms. The maximum atomic E-state index is 12.9. The third-order valence-electron chi connectivity index (χ3n) is 6.32. The highest BCUT2D eigenvalue weighted by atomic mass is 16.7. The Balaban J connectivity index is 4.51. The topological polar surface area (TPSA) is 216 Å². The molecule has 0 saturated heterocycles. The van der Waals surface area contributed by atoms with Gasteiger partial charge in [-0.2, -0.15) is 0 Å². The number of nitrogens with one attached hydrogen (secondary N) is 6. The van der Waals surface area contributed by atoms with Crippen molar-refractivity contribution in [3.63, 3.8) is 0 Å². The van der Waals surface area contributed by atoms with Crippen molar-refractivity contribution in [2.45, 2.75) is 130 Å². The first-order valence-electron chi connectivity index (χ1n) is 17.5. The molecule has 17 heteroatoms. The Labute approximate surface area is 303 Å². The van der Waals surface area contributed by atoms with E-state index in [1.165, 1.54) is 14.2 Å². The summed E-state index contributed by atoms with van der Waals surface area (Å²) in [4.78, 5) is 66.2. The van der Waals surface area contributed by atoms with E-state index >= 15 is 0 Å². The van der Waals surface area contributed by atoms with Crippen LogP contribution in [-0.4, -0.2) is 112 Å². The van der Waals surface area contributed by atoms with Crippen molar-refractivity contribution in [3.8, 4) is 0 Å². The van der Waals surface area contributed by atoms with Crippen molar-refractivity contribution in [1.29, 1.82) is 0 Å². The van der Waals surface area contributed by atoms with E-state index in [0.29, 0.717) is 45.4 Å². The molecule has 0 saturated carbocycles. The van der Waals surface area contributed by atoms with Gasteiger partial charge in [-0.3, -0.25) is 25.2 Å². The number of hydrogen-bond acceptors (Lipinski definition) is 12. The number of rotatable bonds is 20. The summed E-state index contributed by atoms with van der Waals surface area (Å²) >= 11 is 0. The highest BCUT2D eigenvalue weighted by Gasteiger charge is 2.47. The lowest BCUT2D eigenvalue weighted by molar-refractivity contribution is -0.210. The second-order valence-electron chi connectivity index (χ2n) is 14.7. The Hall–Kier alpha value is -3.70. The van der Waals surface area contributed by atoms with Gasteiger partial charge >= 0.3 is 24.1 Å². The summed E-state index contributed by atoms with van der Waals surface area (Å²) < 4.78 is 26.2. The number of methoxy groups -OCH3 is 2. The van der Waals surface area contributed by atoms with Crippen molar-refractivity contribution in [3.05, 3.63) is 0 Å². The van der Waals surface area contributed by atoms with Crippen molar-refractivity contribution >= 4 is 36.1 Å². The third kappa shape index (κ3) is 24.2. The molecule has 0 aliphatic rings. The van der Waals surface area contributed by atoms with Crippen LogP contribution in [0.5, 0.6) is 0 Å². The Morgan fingerprint density at radius 3 is 1.35 bits per heavy atom. The minimum absolute atomic E-state index is 0.0854. The van der Waals surface area contributed by atoms with Crippen molar-refractivity contribution < 1.29 is 47.7 Å². The molecule has 0 aliphatic carbocycles. The zero-order chi connectivity index (χ0) is 39.1. The molecule has 0 aliphatic heterocycles. The van der Waals surface area contributed by atoms with Crippen LogP contribution in [0, 0.1) is 0 Å². The maximum absolute atomic E-state index is 12.9. The molecular formula is C34H65N7O10. The molecule has 0 heterocycles. The lowest BCUT2D eigenvalue weighted by atomic mass is 10.1. The number of unbranched alkanes of at least 4 members (excludes halogenated alkanes) is 4. The predicted octanol–water partition coefficient (Wildman–Crippen LogP) is 3.46. The number of aliphatic imine (C=N–C) groups is 1. The second kappa shape index (κ2) is 23.7. The Morgan fingerprint density at radius 1 is 0.490 bits per heavy atom. The van der Waals surface area contributed by atoms with E-state index in [1.54, 1.807) is 41.5 Å². The number of carbonyl (C=O) groups is 5. The Bertz CT molecular complexity index is 1080. The molecule has 0 atom stereocenters. The highest BCUT2D eigenvalue weighted by molar-refractivity contribution is 6.06. The van der Waals surface area contributed by atoms with Crippen LogP contribution in [-0.2, 0) is 33.3 Å². The highest BCUT2D eigenvalue weighted by Crippen LogP contribution is 2.13. The SMILES string of the molecule is COC(OC)(C(=O)NCCCCCCN=C(NC(=O)OC(C)(C)C)NC(=O)OC(C)(C)C)C(=O)NCCCCNCCCNC(=O)OC(C)(C)C. The first kappa shape index (κ1) is 47.3. The molecular weight excluding hydrogens is 666 g/mol. The van der Waals surface area contributed by atoms with Gasteiger partial charge in [-0.1, -0.05) is 12.8 Å². The van der Waals surface area contributed by atoms with Gasteiger partial charge in [0.25, 0.3) is 11.8 Å². The maximum Gasteiger partial charge on any atom is 0.414 e. The summed E-state index contributed by atoms with van der Waals surface area (Å²) in [5.41, 5.74) is -2.01. The van der Waals surface area contributed by atoms with Gasteiger partial charge in [-0.25, -0.2) is 14.4 Å². The molecule has 0 bridgehead atoms. The number of amides is 5. The lowest BCUT2D eigenvalue weighted by Gasteiger charge is -2.27. The fourth-order valence-electron chi connectivity index (χ4n) is 4.10. The van der Waals surface area contributed by atoms with Gasteiger partial charge in [-0.15, -0.1) is 0 Å². The summed E-state index contributed by atoms with van der Waals surface area (Å²) in [6, 6.07) is 0. The molecule has 5 amide bonds. The Kier molecular flexibility index (Phi) is 22.0. The molecule has 6 N–H and O–H groups in total. The molecule has 0 aromatic heterocycles. The van der Waals surface area contributed by atoms with Crippen LogP contribution < -0.4 is 31.9 Å². The standard InChI is InChI=1S/C34H65N7O10/c1-31(2,3)49-28(44)39-24-18-20-35-19-16-17-22-37-26(43)34(47-10,48-11)25(42)36-21-14-12-13-15-23-38-27(40-29(45)50-32(4,5)6)41-30(46)51-33(7,8)9/h35H,12-24H2,1-11H3,(H,36,42)(H,37,43)(H,39,44)(H2,38,40,41,45,46). The monoisotopic (exact) mass is 731 g/mol. The Morgan fingerprint density at radius 2 is 0.882 bits per heavy atom. The zero-order valence-electron chi connectivity index (χ0n) is 32.7. The molecule has 51 heavy (non-hydrogen) atoms. The molecule has 0 aromatic carbocycles. The minimum atomic E-state index is -2.12. The molecule has 0 unspecified atom stereocenters. The van der Waals surface area contributed by atoms with Gasteiger partial charge < -0.3 is 45.0 Å². The number of ether oxygens (including phenoxy) is 5. The lowest BCUT2D eigenvalue weighted by Crippen LogP contribution is -2.59. The molecule has 0 radical (unpaired) electrons. The average molecular weight is 732 g/mol. The predicted molar refractivity (Wildman–Crippen MR) is 193 cm³/mol. The molecule has 0 rings (SSSR count). The second-order valence-corrected chi connectivity index (χ2v) is 14.7. The van der Waals surface area contributed by atoms with Crippen molar-refractivity contribution in [2.75, 3.05) is 53.5 Å². The van der Waals surface area contributed by atoms with E-state index in [0.717, 1.165) is 32.2 Å². The van der Waals surface area contributed by atoms with Crippen LogP contribution in [0.3, 0.4) is 0 Å². The van der Waals surface area contributed by atoms with Crippen LogP contribution in [0.2, 0.25) is 0 Å². The molecule has 296 valence electrons. The van der Waals surface area contributed by atoms with Crippen LogP contribution in [0.4, 0.5) is 14.4 Å². The first-order chi connectivity index (χ1) is 23.6. The minimum Gasteiger partial charge on any atom is -0.444 e. The normalized spacial score (nSPS) is 11.9. The smallest absolute Gasteiger partial charge is 0.414 e.